The quantitative estimate of drug-likeness (QED) is 0.238. The van der Waals surface area contributed by atoms with Crippen molar-refractivity contribution in [3.05, 3.63) is 65.2 Å². The summed E-state index contributed by atoms with van der Waals surface area (Å²) in [5.74, 6) is -0.477. The second kappa shape index (κ2) is 15.7. The Labute approximate surface area is 278 Å². The average Bonchev–Trinajstić information content (AvgIpc) is 3.04. The highest BCUT2D eigenvalue weighted by Gasteiger charge is 2.44. The summed E-state index contributed by atoms with van der Waals surface area (Å²) in [5.41, 5.74) is 2.94. The molecule has 2 saturated heterocycles. The molecular formula is C37H51N3O7. The van der Waals surface area contributed by atoms with E-state index in [0.717, 1.165) is 36.0 Å². The Morgan fingerprint density at radius 1 is 0.894 bits per heavy atom. The van der Waals surface area contributed by atoms with Gasteiger partial charge in [0.15, 0.2) is 6.29 Å². The van der Waals surface area contributed by atoms with E-state index < -0.39 is 12.3 Å². The van der Waals surface area contributed by atoms with E-state index in [1.807, 2.05) is 57.2 Å². The number of nitrogens with one attached hydrogen (secondary N) is 2. The van der Waals surface area contributed by atoms with Crippen LogP contribution >= 0.6 is 0 Å². The fourth-order valence-corrected chi connectivity index (χ4v) is 7.34. The number of aliphatic hydroxyl groups excluding tert-OH is 1. The van der Waals surface area contributed by atoms with Gasteiger partial charge in [-0.1, -0.05) is 49.2 Å². The molecule has 0 unspecified atom stereocenters. The third kappa shape index (κ3) is 9.63. The van der Waals surface area contributed by atoms with Crippen LogP contribution in [0.1, 0.15) is 114 Å². The molecule has 5 rings (SSSR count). The van der Waals surface area contributed by atoms with Gasteiger partial charge in [0, 0.05) is 48.6 Å². The molecule has 10 nitrogen and oxygen atoms in total. The number of piperidine rings is 1. The number of hydrogen-bond acceptors (Lipinski definition) is 7. The van der Waals surface area contributed by atoms with Gasteiger partial charge in [0.05, 0.1) is 24.9 Å². The van der Waals surface area contributed by atoms with Crippen molar-refractivity contribution in [3.63, 3.8) is 0 Å². The first-order chi connectivity index (χ1) is 22.5. The largest absolute Gasteiger partial charge is 0.481 e. The molecule has 0 radical (unpaired) electrons. The number of likely N-dealkylation sites (tertiary alicyclic amines) is 1. The molecular weight excluding hydrogens is 598 g/mol. The van der Waals surface area contributed by atoms with E-state index in [4.69, 9.17) is 14.6 Å². The maximum Gasteiger partial charge on any atom is 0.303 e. The summed E-state index contributed by atoms with van der Waals surface area (Å²) in [5, 5.41) is 24.5. The van der Waals surface area contributed by atoms with Gasteiger partial charge in [0.25, 0.3) is 0 Å². The van der Waals surface area contributed by atoms with E-state index in [2.05, 4.69) is 15.5 Å². The van der Waals surface area contributed by atoms with Crippen LogP contribution in [0.15, 0.2) is 48.5 Å². The van der Waals surface area contributed by atoms with E-state index in [-0.39, 0.29) is 61.5 Å². The lowest BCUT2D eigenvalue weighted by molar-refractivity contribution is -0.255. The highest BCUT2D eigenvalue weighted by Crippen LogP contribution is 2.42. The molecule has 2 aliphatic heterocycles. The van der Waals surface area contributed by atoms with Gasteiger partial charge in [-0.05, 0) is 82.1 Å². The summed E-state index contributed by atoms with van der Waals surface area (Å²) < 4.78 is 13.3. The van der Waals surface area contributed by atoms with Crippen molar-refractivity contribution < 1.29 is 34.1 Å². The molecule has 10 heteroatoms. The highest BCUT2D eigenvalue weighted by molar-refractivity contribution is 5.90. The molecule has 1 saturated carbocycles. The summed E-state index contributed by atoms with van der Waals surface area (Å²) in [6, 6.07) is 15.3. The summed E-state index contributed by atoms with van der Waals surface area (Å²) >= 11 is 0. The van der Waals surface area contributed by atoms with Crippen molar-refractivity contribution in [1.82, 2.24) is 10.2 Å². The van der Waals surface area contributed by atoms with Crippen LogP contribution in [0.2, 0.25) is 0 Å². The molecule has 2 aromatic carbocycles. The number of fused-ring (bicyclic) bond motifs is 1. The van der Waals surface area contributed by atoms with E-state index >= 15 is 0 Å². The average molecular weight is 650 g/mol. The zero-order chi connectivity index (χ0) is 33.6. The van der Waals surface area contributed by atoms with Crippen molar-refractivity contribution in [2.24, 2.45) is 5.92 Å². The van der Waals surface area contributed by atoms with Crippen LogP contribution in [0.4, 0.5) is 5.69 Å². The third-order valence-electron chi connectivity index (χ3n) is 9.60. The van der Waals surface area contributed by atoms with Gasteiger partial charge in [-0.2, -0.15) is 0 Å². The Bertz CT molecular complexity index is 1360. The number of benzene rings is 2. The molecule has 2 heterocycles. The van der Waals surface area contributed by atoms with Gasteiger partial charge in [0.2, 0.25) is 11.8 Å². The Hall–Kier alpha value is -3.31. The SMILES string of the molecule is CC(C)(C)NC(=O)[C@H]1CC[C@H]2CCCC[C@H]2N1C[C@@H]1C[C@H](c2ccc(CO)cc2)O[C@H](c2ccc(NC(=O)CCCC(=O)O)cc2)O1. The highest BCUT2D eigenvalue weighted by atomic mass is 16.7. The fourth-order valence-electron chi connectivity index (χ4n) is 7.34. The van der Waals surface area contributed by atoms with Crippen molar-refractivity contribution in [2.75, 3.05) is 11.9 Å². The Morgan fingerprint density at radius 2 is 1.60 bits per heavy atom. The molecule has 0 bridgehead atoms. The molecule has 3 aliphatic rings. The predicted molar refractivity (Wildman–Crippen MR) is 178 cm³/mol. The molecule has 0 spiro atoms. The standard InChI is InChI=1S/C37H51N3O7/c1-37(2,3)39-35(45)31-20-17-25-7-4-5-8-30(25)40(31)22-29-21-32(26-13-11-24(23-41)12-14-26)47-36(46-29)27-15-18-28(19-16-27)38-33(42)9-6-10-34(43)44/h11-16,18-19,25,29-32,36,41H,4-10,17,20-23H2,1-3H3,(H,38,42)(H,39,45)(H,43,44)/t25-,29+,30-,31-,32-,36-/m1/s1. The minimum Gasteiger partial charge on any atom is -0.481 e. The summed E-state index contributed by atoms with van der Waals surface area (Å²) in [4.78, 5) is 39.2. The minimum atomic E-state index is -0.918. The second-order valence-corrected chi connectivity index (χ2v) is 14.4. The number of carbonyl (C=O) groups is 3. The molecule has 2 amide bonds. The normalized spacial score (nSPS) is 26.6. The molecule has 3 fully saturated rings. The van der Waals surface area contributed by atoms with Crippen molar-refractivity contribution in [1.29, 1.82) is 0 Å². The number of aliphatic hydroxyl groups is 1. The number of carboxylic acids is 1. The van der Waals surface area contributed by atoms with Gasteiger partial charge >= 0.3 is 5.97 Å². The smallest absolute Gasteiger partial charge is 0.303 e. The van der Waals surface area contributed by atoms with Crippen LogP contribution in [0.5, 0.6) is 0 Å². The number of rotatable bonds is 11. The minimum absolute atomic E-state index is 0.0296. The van der Waals surface area contributed by atoms with E-state index in [1.165, 1.54) is 19.3 Å². The topological polar surface area (TPSA) is 137 Å². The first kappa shape index (κ1) is 35.0. The van der Waals surface area contributed by atoms with Gasteiger partial charge in [-0.15, -0.1) is 0 Å². The molecule has 4 N–H and O–H groups in total. The third-order valence-corrected chi connectivity index (χ3v) is 9.60. The number of carboxylic acid groups (broad SMARTS) is 1. The lowest BCUT2D eigenvalue weighted by atomic mass is 9.75. The number of hydrogen-bond donors (Lipinski definition) is 4. The fraction of sp³-hybridized carbons (Fsp3) is 0.595. The lowest BCUT2D eigenvalue weighted by Crippen LogP contribution is -2.61. The zero-order valence-corrected chi connectivity index (χ0v) is 28.0. The van der Waals surface area contributed by atoms with Gasteiger partial charge < -0.3 is 30.3 Å². The van der Waals surface area contributed by atoms with Crippen LogP contribution in [0.25, 0.3) is 0 Å². The molecule has 1 aliphatic carbocycles. The molecule has 0 aromatic heterocycles. The Kier molecular flexibility index (Phi) is 11.7. The predicted octanol–water partition coefficient (Wildman–Crippen LogP) is 5.86. The number of amides is 2. The van der Waals surface area contributed by atoms with E-state index in [1.54, 1.807) is 12.1 Å². The van der Waals surface area contributed by atoms with Crippen molar-refractivity contribution in [3.8, 4) is 0 Å². The molecule has 256 valence electrons. The number of anilines is 1. The number of aliphatic carboxylic acids is 1. The maximum absolute atomic E-state index is 13.7. The maximum atomic E-state index is 13.7. The number of ether oxygens (including phenoxy) is 2. The lowest BCUT2D eigenvalue weighted by Gasteiger charge is -2.50. The van der Waals surface area contributed by atoms with E-state index in [9.17, 15) is 19.5 Å². The summed E-state index contributed by atoms with van der Waals surface area (Å²) in [6.07, 6.45) is 6.50. The Balaban J connectivity index is 1.36. The number of nitrogens with zero attached hydrogens (tertiary/aromatic N) is 1. The molecule has 47 heavy (non-hydrogen) atoms. The van der Waals surface area contributed by atoms with Crippen LogP contribution in [0.3, 0.4) is 0 Å². The Morgan fingerprint density at radius 3 is 2.28 bits per heavy atom. The van der Waals surface area contributed by atoms with Gasteiger partial charge in [-0.3, -0.25) is 19.3 Å². The first-order valence-corrected chi connectivity index (χ1v) is 17.2. The second-order valence-electron chi connectivity index (χ2n) is 14.4. The summed E-state index contributed by atoms with van der Waals surface area (Å²) in [6.45, 7) is 6.67. The monoisotopic (exact) mass is 649 g/mol. The van der Waals surface area contributed by atoms with Crippen molar-refractivity contribution in [2.45, 2.75) is 128 Å². The molecule has 2 aromatic rings. The van der Waals surface area contributed by atoms with Crippen LogP contribution < -0.4 is 10.6 Å². The first-order valence-electron chi connectivity index (χ1n) is 17.2. The van der Waals surface area contributed by atoms with Crippen molar-refractivity contribution >= 4 is 23.5 Å². The van der Waals surface area contributed by atoms with Crippen LogP contribution in [-0.4, -0.2) is 63.2 Å². The van der Waals surface area contributed by atoms with Gasteiger partial charge in [-0.25, -0.2) is 0 Å². The molecule has 6 atom stereocenters. The van der Waals surface area contributed by atoms with Crippen LogP contribution in [-0.2, 0) is 30.5 Å². The van der Waals surface area contributed by atoms with E-state index in [0.29, 0.717) is 30.6 Å². The summed E-state index contributed by atoms with van der Waals surface area (Å²) in [7, 11) is 0. The van der Waals surface area contributed by atoms with Crippen LogP contribution in [0, 0.1) is 5.92 Å². The van der Waals surface area contributed by atoms with Gasteiger partial charge in [0.1, 0.15) is 0 Å². The zero-order valence-electron chi connectivity index (χ0n) is 28.0. The number of carbonyl (C=O) groups excluding carboxylic acids is 2.